The summed E-state index contributed by atoms with van der Waals surface area (Å²) in [6.45, 7) is 12.5. The van der Waals surface area contributed by atoms with Gasteiger partial charge in [-0.2, -0.15) is 0 Å². The molecule has 0 aromatic rings. The van der Waals surface area contributed by atoms with E-state index in [4.69, 9.17) is 0 Å². The monoisotopic (exact) mass is 239 g/mol. The third-order valence-electron chi connectivity index (χ3n) is 2.12. The number of hydrogen-bond donors (Lipinski definition) is 0. The van der Waals surface area contributed by atoms with Crippen LogP contribution < -0.4 is 29.6 Å². The number of rotatable bonds is 3. The van der Waals surface area contributed by atoms with Gasteiger partial charge in [-0.15, -0.1) is 5.01 Å². The Morgan fingerprint density at radius 1 is 1.12 bits per heavy atom. The second-order valence-electron chi connectivity index (χ2n) is 5.94. The molecule has 0 aliphatic rings. The third-order valence-corrected chi connectivity index (χ3v) is 2.12. The molecule has 0 N–H and O–H groups in total. The fourth-order valence-corrected chi connectivity index (χ4v) is 1.16. The Kier molecular flexibility index (Phi) is 7.65. The predicted octanol–water partition coefficient (Wildman–Crippen LogP) is -0.0976. The summed E-state index contributed by atoms with van der Waals surface area (Å²) in [4.78, 5) is 0.145. The van der Waals surface area contributed by atoms with Crippen LogP contribution in [0.5, 0.6) is 0 Å². The van der Waals surface area contributed by atoms with Gasteiger partial charge in [-0.25, -0.2) is 0 Å². The molecule has 0 saturated carbocycles. The van der Waals surface area contributed by atoms with E-state index in [-0.39, 0.29) is 45.5 Å². The van der Waals surface area contributed by atoms with Gasteiger partial charge in [-0.3, -0.25) is 0 Å². The van der Waals surface area contributed by atoms with E-state index in [2.05, 4.69) is 26.0 Å². The minimum atomic E-state index is -0.388. The van der Waals surface area contributed by atoms with Gasteiger partial charge < -0.3 is 10.4 Å². The van der Waals surface area contributed by atoms with E-state index >= 15 is 0 Å². The van der Waals surface area contributed by atoms with Gasteiger partial charge in [-0.05, 0) is 37.9 Å². The van der Waals surface area contributed by atoms with Crippen LogP contribution in [0.15, 0.2) is 5.28 Å². The molecule has 6 heteroatoms. The Bertz CT molecular complexity index is 231. The number of hydrogen-bond acceptors (Lipinski definition) is 3. The SMILES string of the molecule is CC(C)(C)CCN(/[N+]([O-])=N\[O-])C(C)(C)C.[Na+]. The van der Waals surface area contributed by atoms with Gasteiger partial charge in [0.15, 0.2) is 0 Å². The maximum atomic E-state index is 11.2. The van der Waals surface area contributed by atoms with Gasteiger partial charge in [0.05, 0.1) is 12.1 Å². The molecule has 0 bridgehead atoms. The average molecular weight is 239 g/mol. The van der Waals surface area contributed by atoms with E-state index in [1.54, 1.807) is 0 Å². The Hall–Kier alpha value is 0. The fraction of sp³-hybridized carbons (Fsp3) is 1.00. The van der Waals surface area contributed by atoms with Crippen molar-refractivity contribution in [1.82, 2.24) is 5.01 Å². The van der Waals surface area contributed by atoms with E-state index in [1.807, 2.05) is 20.8 Å². The summed E-state index contributed by atoms with van der Waals surface area (Å²) in [5.74, 6) is 0. The zero-order valence-corrected chi connectivity index (χ0v) is 13.6. The molecule has 0 fully saturated rings. The first-order chi connectivity index (χ1) is 6.58. The van der Waals surface area contributed by atoms with Crippen LogP contribution in [-0.2, 0) is 0 Å². The molecule has 0 radical (unpaired) electrons. The molecule has 0 rings (SSSR count). The Labute approximate surface area is 120 Å². The molecule has 0 aliphatic carbocycles. The quantitative estimate of drug-likeness (QED) is 0.299. The summed E-state index contributed by atoms with van der Waals surface area (Å²) in [5.41, 5.74) is -0.256. The van der Waals surface area contributed by atoms with Crippen LogP contribution in [0.2, 0.25) is 0 Å². The molecule has 90 valence electrons. The Morgan fingerprint density at radius 3 is 1.81 bits per heavy atom. The third kappa shape index (κ3) is 7.30. The summed E-state index contributed by atoms with van der Waals surface area (Å²) in [6, 6.07) is 0. The van der Waals surface area contributed by atoms with Crippen molar-refractivity contribution in [3.63, 3.8) is 0 Å². The summed E-state index contributed by atoms with van der Waals surface area (Å²) in [7, 11) is 0. The average Bonchev–Trinajstić information content (AvgIpc) is 1.99. The van der Waals surface area contributed by atoms with E-state index in [9.17, 15) is 10.4 Å². The predicted molar refractivity (Wildman–Crippen MR) is 60.0 cm³/mol. The van der Waals surface area contributed by atoms with Crippen LogP contribution in [0.1, 0.15) is 48.0 Å². The molecule has 0 atom stereocenters. The molecule has 0 heterocycles. The molecule has 0 spiro atoms. The summed E-state index contributed by atoms with van der Waals surface area (Å²) >= 11 is 0. The molecule has 5 nitrogen and oxygen atoms in total. The maximum absolute atomic E-state index is 11.2. The van der Waals surface area contributed by atoms with Gasteiger partial charge in [0.2, 0.25) is 0 Å². The summed E-state index contributed by atoms with van der Waals surface area (Å²) in [5, 5.41) is 25.3. The van der Waals surface area contributed by atoms with Crippen molar-refractivity contribution in [2.45, 2.75) is 53.5 Å². The number of nitrogens with zero attached hydrogens (tertiary/aromatic N) is 3. The first-order valence-corrected chi connectivity index (χ1v) is 5.16. The van der Waals surface area contributed by atoms with Gasteiger partial charge in [0.25, 0.3) is 0 Å². The zero-order chi connectivity index (χ0) is 12.3. The Balaban J connectivity index is 0. The van der Waals surface area contributed by atoms with Crippen molar-refractivity contribution < 1.29 is 34.5 Å². The van der Waals surface area contributed by atoms with E-state index in [1.165, 1.54) is 5.01 Å². The van der Waals surface area contributed by atoms with Crippen LogP contribution in [0.25, 0.3) is 0 Å². The molecule has 0 aromatic heterocycles. The molecule has 0 saturated heterocycles. The van der Waals surface area contributed by atoms with Gasteiger partial charge in [0, 0.05) is 4.97 Å². The molecular formula is C10H22N3NaO2. The fourth-order valence-electron chi connectivity index (χ4n) is 1.16. The van der Waals surface area contributed by atoms with Crippen LogP contribution in [0.3, 0.4) is 0 Å². The topological polar surface area (TPSA) is 64.7 Å². The normalized spacial score (nSPS) is 13.2. The van der Waals surface area contributed by atoms with E-state index in [0.717, 1.165) is 6.42 Å². The van der Waals surface area contributed by atoms with Crippen molar-refractivity contribution in [3.8, 4) is 0 Å². The first-order valence-electron chi connectivity index (χ1n) is 5.16. The summed E-state index contributed by atoms with van der Waals surface area (Å²) < 4.78 is 0. The van der Waals surface area contributed by atoms with Crippen molar-refractivity contribution in [2.75, 3.05) is 6.54 Å². The smallest absolute Gasteiger partial charge is 0.737 e. The van der Waals surface area contributed by atoms with E-state index in [0.29, 0.717) is 6.54 Å². The summed E-state index contributed by atoms with van der Waals surface area (Å²) in [6.07, 6.45) is 0.832. The van der Waals surface area contributed by atoms with Crippen LogP contribution in [-0.4, -0.2) is 22.1 Å². The second kappa shape index (κ2) is 6.67. The van der Waals surface area contributed by atoms with Gasteiger partial charge in [0.1, 0.15) is 0 Å². The number of hydrazine groups is 1. The van der Waals surface area contributed by atoms with Crippen LogP contribution in [0, 0.1) is 15.8 Å². The van der Waals surface area contributed by atoms with Gasteiger partial charge >= 0.3 is 29.6 Å². The molecule has 16 heavy (non-hydrogen) atoms. The standard InChI is InChI=1S/C10H23N3O2.Na/c1-9(2,3)7-8-12(10(4,5)6)13(15)11-14;/h14H,7-8H2,1-6H3;/q;+1/p-1/b13-11+;. The molecule has 0 unspecified atom stereocenters. The second-order valence-corrected chi connectivity index (χ2v) is 5.94. The van der Waals surface area contributed by atoms with Crippen molar-refractivity contribution in [1.29, 1.82) is 0 Å². The van der Waals surface area contributed by atoms with Crippen LogP contribution >= 0.6 is 0 Å². The largest absolute Gasteiger partial charge is 1.00 e. The van der Waals surface area contributed by atoms with Gasteiger partial charge in [-0.1, -0.05) is 20.8 Å². The molecule has 0 aromatic carbocycles. The zero-order valence-electron chi connectivity index (χ0n) is 11.6. The molecule has 0 amide bonds. The van der Waals surface area contributed by atoms with Crippen molar-refractivity contribution in [3.05, 3.63) is 10.4 Å². The van der Waals surface area contributed by atoms with Crippen molar-refractivity contribution >= 4 is 0 Å². The van der Waals surface area contributed by atoms with Crippen molar-refractivity contribution in [2.24, 2.45) is 10.7 Å². The van der Waals surface area contributed by atoms with E-state index < -0.39 is 0 Å². The van der Waals surface area contributed by atoms with Crippen LogP contribution in [0.4, 0.5) is 0 Å². The minimum absolute atomic E-state index is 0. The molecule has 0 aliphatic heterocycles. The first kappa shape index (κ1) is 18.4. The Morgan fingerprint density at radius 2 is 1.56 bits per heavy atom. The maximum Gasteiger partial charge on any atom is 1.00 e. The molecular weight excluding hydrogens is 217 g/mol. The minimum Gasteiger partial charge on any atom is -0.737 e.